The van der Waals surface area contributed by atoms with Crippen LogP contribution in [0.4, 0.5) is 26.8 Å². The molecule has 3 N–H and O–H groups in total. The van der Waals surface area contributed by atoms with E-state index in [1.165, 1.54) is 5.56 Å². The first-order valence-electron chi connectivity index (χ1n) is 15.2. The zero-order chi connectivity index (χ0) is 32.1. The maximum absolute atomic E-state index is 13.0. The highest BCUT2D eigenvalue weighted by molar-refractivity contribution is 6.32. The molecule has 5 rings (SSSR count). The molecule has 4 aromatic rings. The number of hydrogen-bond donors (Lipinski definition) is 3. The lowest BCUT2D eigenvalue weighted by molar-refractivity contribution is 0.182. The number of rotatable bonds is 7. The van der Waals surface area contributed by atoms with Gasteiger partial charge in [0.25, 0.3) is 0 Å². The van der Waals surface area contributed by atoms with Gasteiger partial charge in [-0.05, 0) is 80.1 Å². The number of hydrogen-bond acceptors (Lipinski definition) is 4. The Morgan fingerprint density at radius 1 is 0.911 bits per heavy atom. The Morgan fingerprint density at radius 2 is 1.58 bits per heavy atom. The van der Waals surface area contributed by atoms with Crippen molar-refractivity contribution >= 4 is 40.9 Å². The molecule has 45 heavy (non-hydrogen) atoms. The number of nitrogens with one attached hydrogen (secondary N) is 3. The van der Waals surface area contributed by atoms with Crippen LogP contribution in [0.3, 0.4) is 0 Å². The van der Waals surface area contributed by atoms with Crippen LogP contribution in [0.15, 0.2) is 72.8 Å². The van der Waals surface area contributed by atoms with E-state index in [1.807, 2.05) is 54.3 Å². The molecule has 0 spiro atoms. The van der Waals surface area contributed by atoms with Gasteiger partial charge >= 0.3 is 12.1 Å². The molecule has 1 aromatic heterocycles. The normalized spacial score (nSPS) is 13.8. The van der Waals surface area contributed by atoms with Crippen LogP contribution in [-0.4, -0.2) is 46.9 Å². The summed E-state index contributed by atoms with van der Waals surface area (Å²) in [6, 6.07) is 22.7. The largest absolute Gasteiger partial charge is 0.495 e. The Bertz CT molecular complexity index is 1640. The molecule has 3 aromatic carbocycles. The van der Waals surface area contributed by atoms with E-state index in [-0.39, 0.29) is 17.5 Å². The highest BCUT2D eigenvalue weighted by atomic mass is 35.5. The van der Waals surface area contributed by atoms with Crippen molar-refractivity contribution in [1.29, 1.82) is 0 Å². The van der Waals surface area contributed by atoms with E-state index < -0.39 is 0 Å². The van der Waals surface area contributed by atoms with E-state index in [2.05, 4.69) is 48.9 Å². The summed E-state index contributed by atoms with van der Waals surface area (Å²) in [6.45, 7) is 9.72. The quantitative estimate of drug-likeness (QED) is 0.192. The Labute approximate surface area is 269 Å². The zero-order valence-corrected chi connectivity index (χ0v) is 27.2. The molecule has 4 amide bonds. The number of piperidine rings is 1. The Morgan fingerprint density at radius 3 is 2.20 bits per heavy atom. The number of aryl methyl sites for hydroxylation is 1. The second-order valence-corrected chi connectivity index (χ2v) is 13.0. The summed E-state index contributed by atoms with van der Waals surface area (Å²) >= 11 is 6.19. The number of carbonyl (C=O) groups excluding carboxylic acids is 2. The summed E-state index contributed by atoms with van der Waals surface area (Å²) in [4.78, 5) is 27.6. The lowest BCUT2D eigenvalue weighted by Crippen LogP contribution is -2.41. The van der Waals surface area contributed by atoms with E-state index in [0.717, 1.165) is 36.2 Å². The molecule has 1 aliphatic rings. The molecule has 1 aliphatic heterocycles. The van der Waals surface area contributed by atoms with Crippen molar-refractivity contribution in [2.24, 2.45) is 5.92 Å². The monoisotopic (exact) mass is 628 g/mol. The zero-order valence-electron chi connectivity index (χ0n) is 26.5. The topological polar surface area (TPSA) is 101 Å². The number of methoxy groups -OCH3 is 1. The molecule has 0 bridgehead atoms. The minimum Gasteiger partial charge on any atom is -0.495 e. The lowest BCUT2D eigenvalue weighted by Gasteiger charge is -2.32. The number of carbonyl (C=O) groups is 2. The van der Waals surface area contributed by atoms with Crippen molar-refractivity contribution < 1.29 is 14.3 Å². The highest BCUT2D eigenvalue weighted by Gasteiger charge is 2.24. The molecule has 0 saturated carbocycles. The second kappa shape index (κ2) is 13.6. The van der Waals surface area contributed by atoms with Gasteiger partial charge in [0, 0.05) is 35.9 Å². The number of ether oxygens (including phenoxy) is 1. The average Bonchev–Trinajstić information content (AvgIpc) is 3.43. The third-order valence-electron chi connectivity index (χ3n) is 8.04. The fourth-order valence-corrected chi connectivity index (χ4v) is 5.60. The molecule has 10 heteroatoms. The molecule has 9 nitrogen and oxygen atoms in total. The number of amides is 4. The maximum atomic E-state index is 13.0. The molecule has 0 aliphatic carbocycles. The van der Waals surface area contributed by atoms with Gasteiger partial charge in [0.05, 0.1) is 23.5 Å². The molecular formula is C35H41ClN6O3. The van der Waals surface area contributed by atoms with Crippen LogP contribution in [0.5, 0.6) is 5.75 Å². The fourth-order valence-electron chi connectivity index (χ4n) is 5.34. The van der Waals surface area contributed by atoms with E-state index in [9.17, 15) is 9.59 Å². The van der Waals surface area contributed by atoms with Crippen molar-refractivity contribution in [2.75, 3.05) is 36.1 Å². The molecule has 1 saturated heterocycles. The third-order valence-corrected chi connectivity index (χ3v) is 8.33. The van der Waals surface area contributed by atoms with E-state index >= 15 is 0 Å². The van der Waals surface area contributed by atoms with Crippen LogP contribution in [0.2, 0.25) is 5.02 Å². The summed E-state index contributed by atoms with van der Waals surface area (Å²) < 4.78 is 6.95. The predicted molar refractivity (Wildman–Crippen MR) is 181 cm³/mol. The van der Waals surface area contributed by atoms with Gasteiger partial charge in [-0.2, -0.15) is 5.10 Å². The van der Waals surface area contributed by atoms with Crippen molar-refractivity contribution in [2.45, 2.75) is 52.4 Å². The van der Waals surface area contributed by atoms with Crippen molar-refractivity contribution in [1.82, 2.24) is 14.7 Å². The van der Waals surface area contributed by atoms with Crippen molar-refractivity contribution in [3.05, 3.63) is 94.6 Å². The number of halogens is 1. The van der Waals surface area contributed by atoms with Gasteiger partial charge in [0.15, 0.2) is 0 Å². The van der Waals surface area contributed by atoms with Gasteiger partial charge in [-0.1, -0.05) is 62.2 Å². The van der Waals surface area contributed by atoms with Crippen LogP contribution in [0.1, 0.15) is 50.4 Å². The predicted octanol–water partition coefficient (Wildman–Crippen LogP) is 8.27. The summed E-state index contributed by atoms with van der Waals surface area (Å²) in [5.74, 6) is 1.65. The number of urea groups is 2. The molecular weight excluding hydrogens is 588 g/mol. The minimum absolute atomic E-state index is 0.125. The number of nitrogens with zero attached hydrogens (tertiary/aromatic N) is 3. The minimum atomic E-state index is -0.334. The first-order valence-corrected chi connectivity index (χ1v) is 15.6. The van der Waals surface area contributed by atoms with Gasteiger partial charge in [0.2, 0.25) is 0 Å². The number of anilines is 3. The maximum Gasteiger partial charge on any atom is 0.324 e. The van der Waals surface area contributed by atoms with Gasteiger partial charge < -0.3 is 20.3 Å². The van der Waals surface area contributed by atoms with Crippen molar-refractivity contribution in [3.63, 3.8) is 0 Å². The Balaban J connectivity index is 1.13. The standard InChI is InChI=1S/C35H41ClN6O3/c1-23-6-13-28(14-7-23)42-32(22-31(40-42)35(2,3)4)39-33(43)37-26-10-8-24(9-11-26)20-25-16-18-41(19-17-25)34(44)38-27-12-15-30(45-5)29(36)21-27/h6-15,21-22,25H,16-20H2,1-5H3,(H,38,44)(H2,37,39,43). The van der Waals surface area contributed by atoms with Crippen LogP contribution in [0, 0.1) is 12.8 Å². The SMILES string of the molecule is COc1ccc(NC(=O)N2CCC(Cc3ccc(NC(=O)Nc4cc(C(C)(C)C)nn4-c4ccc(C)cc4)cc3)CC2)cc1Cl. The van der Waals surface area contributed by atoms with Gasteiger partial charge in [-0.15, -0.1) is 0 Å². The summed E-state index contributed by atoms with van der Waals surface area (Å²) in [6.07, 6.45) is 2.76. The third kappa shape index (κ3) is 8.16. The second-order valence-electron chi connectivity index (χ2n) is 12.6. The molecule has 0 unspecified atom stereocenters. The van der Waals surface area contributed by atoms with Crippen LogP contribution < -0.4 is 20.7 Å². The average molecular weight is 629 g/mol. The van der Waals surface area contributed by atoms with Crippen LogP contribution in [0.25, 0.3) is 5.69 Å². The van der Waals surface area contributed by atoms with E-state index in [4.69, 9.17) is 21.4 Å². The van der Waals surface area contributed by atoms with E-state index in [0.29, 0.717) is 47.0 Å². The van der Waals surface area contributed by atoms with Gasteiger partial charge in [0.1, 0.15) is 11.6 Å². The summed E-state index contributed by atoms with van der Waals surface area (Å²) in [7, 11) is 1.56. The first-order chi connectivity index (χ1) is 21.5. The van der Waals surface area contributed by atoms with Crippen LogP contribution >= 0.6 is 11.6 Å². The number of likely N-dealkylation sites (tertiary alicyclic amines) is 1. The molecule has 0 radical (unpaired) electrons. The number of aromatic nitrogens is 2. The summed E-state index contributed by atoms with van der Waals surface area (Å²) in [5.41, 5.74) is 5.29. The first kappa shape index (κ1) is 31.9. The smallest absolute Gasteiger partial charge is 0.324 e. The molecule has 0 atom stereocenters. The Kier molecular flexibility index (Phi) is 9.68. The lowest BCUT2D eigenvalue weighted by atomic mass is 9.90. The van der Waals surface area contributed by atoms with Crippen LogP contribution in [-0.2, 0) is 11.8 Å². The van der Waals surface area contributed by atoms with Gasteiger partial charge in [-0.3, -0.25) is 5.32 Å². The summed E-state index contributed by atoms with van der Waals surface area (Å²) in [5, 5.41) is 14.1. The molecule has 2 heterocycles. The highest BCUT2D eigenvalue weighted by Crippen LogP contribution is 2.29. The van der Waals surface area contributed by atoms with Crippen molar-refractivity contribution in [3.8, 4) is 11.4 Å². The van der Waals surface area contributed by atoms with Gasteiger partial charge in [-0.25, -0.2) is 14.3 Å². The Hall–Kier alpha value is -4.50. The molecule has 236 valence electrons. The molecule has 1 fully saturated rings. The number of benzene rings is 3. The van der Waals surface area contributed by atoms with E-state index in [1.54, 1.807) is 30.0 Å². The fraction of sp³-hybridized carbons (Fsp3) is 0.343.